The normalized spacial score (nSPS) is 11.2. The lowest BCUT2D eigenvalue weighted by Crippen LogP contribution is -2.25. The van der Waals surface area contributed by atoms with Gasteiger partial charge in [-0.25, -0.2) is 4.98 Å². The Morgan fingerprint density at radius 2 is 1.27 bits per heavy atom. The quantitative estimate of drug-likeness (QED) is 0.807. The Balaban J connectivity index is 0.000000260. The van der Waals surface area contributed by atoms with Gasteiger partial charge in [0.25, 0.3) is 11.1 Å². The SMILES string of the molecule is CC(C)c1cccn(C(C)C)c1=O.CC(C)c1cncn(C(C)C)c1=O. The fraction of sp³-hybridized carbons (Fsp3) is 0.571. The zero-order chi connectivity index (χ0) is 20.0. The Hall–Kier alpha value is -2.17. The molecule has 2 heterocycles. The van der Waals surface area contributed by atoms with Crippen molar-refractivity contribution in [1.82, 2.24) is 14.1 Å². The first-order valence-corrected chi connectivity index (χ1v) is 9.34. The lowest BCUT2D eigenvalue weighted by atomic mass is 10.1. The van der Waals surface area contributed by atoms with Gasteiger partial charge in [-0.1, -0.05) is 33.8 Å². The third-order valence-electron chi connectivity index (χ3n) is 4.25. The summed E-state index contributed by atoms with van der Waals surface area (Å²) >= 11 is 0. The lowest BCUT2D eigenvalue weighted by molar-refractivity contribution is 0.557. The predicted molar refractivity (Wildman–Crippen MR) is 108 cm³/mol. The van der Waals surface area contributed by atoms with Crippen molar-refractivity contribution in [1.29, 1.82) is 0 Å². The number of hydrogen-bond acceptors (Lipinski definition) is 3. The van der Waals surface area contributed by atoms with Crippen molar-refractivity contribution in [3.05, 3.63) is 62.7 Å². The van der Waals surface area contributed by atoms with E-state index in [0.717, 1.165) is 11.1 Å². The Bertz CT molecular complexity index is 686. The van der Waals surface area contributed by atoms with Crippen LogP contribution >= 0.6 is 0 Å². The van der Waals surface area contributed by atoms with Crippen LogP contribution in [0.3, 0.4) is 0 Å². The van der Waals surface area contributed by atoms with E-state index in [-0.39, 0.29) is 29.1 Å². The van der Waals surface area contributed by atoms with E-state index < -0.39 is 0 Å². The van der Waals surface area contributed by atoms with Crippen LogP contribution < -0.4 is 11.1 Å². The van der Waals surface area contributed by atoms with Crippen LogP contribution in [0.4, 0.5) is 0 Å². The van der Waals surface area contributed by atoms with Crippen molar-refractivity contribution < 1.29 is 0 Å². The topological polar surface area (TPSA) is 56.9 Å². The molecule has 0 aliphatic heterocycles. The second-order valence-corrected chi connectivity index (χ2v) is 7.73. The summed E-state index contributed by atoms with van der Waals surface area (Å²) < 4.78 is 3.44. The van der Waals surface area contributed by atoms with Crippen molar-refractivity contribution in [3.8, 4) is 0 Å². The highest BCUT2D eigenvalue weighted by molar-refractivity contribution is 5.14. The van der Waals surface area contributed by atoms with Crippen LogP contribution in [0.2, 0.25) is 0 Å². The molecule has 2 rings (SSSR count). The third kappa shape index (κ3) is 5.41. The Morgan fingerprint density at radius 3 is 1.73 bits per heavy atom. The average molecular weight is 360 g/mol. The van der Waals surface area contributed by atoms with Gasteiger partial charge >= 0.3 is 0 Å². The minimum absolute atomic E-state index is 0.0833. The van der Waals surface area contributed by atoms with Crippen LogP contribution in [-0.4, -0.2) is 14.1 Å². The van der Waals surface area contributed by atoms with Crippen molar-refractivity contribution in [2.24, 2.45) is 0 Å². The van der Waals surface area contributed by atoms with Gasteiger partial charge in [-0.05, 0) is 45.6 Å². The largest absolute Gasteiger partial charge is 0.313 e. The second kappa shape index (κ2) is 9.51. The zero-order valence-electron chi connectivity index (χ0n) is 17.4. The molecule has 0 saturated carbocycles. The minimum Gasteiger partial charge on any atom is -0.313 e. The van der Waals surface area contributed by atoms with Gasteiger partial charge in [-0.15, -0.1) is 0 Å². The van der Waals surface area contributed by atoms with Crippen molar-refractivity contribution in [2.45, 2.75) is 79.3 Å². The summed E-state index contributed by atoms with van der Waals surface area (Å²) in [5, 5.41) is 0. The molecule has 0 fully saturated rings. The highest BCUT2D eigenvalue weighted by Gasteiger charge is 2.09. The number of nitrogens with zero attached hydrogens (tertiary/aromatic N) is 3. The third-order valence-corrected chi connectivity index (χ3v) is 4.25. The van der Waals surface area contributed by atoms with Crippen molar-refractivity contribution in [3.63, 3.8) is 0 Å². The first kappa shape index (κ1) is 21.9. The molecule has 5 nitrogen and oxygen atoms in total. The molecule has 0 N–H and O–H groups in total. The summed E-state index contributed by atoms with van der Waals surface area (Å²) in [6.07, 6.45) is 5.10. The molecule has 2 aromatic rings. The smallest absolute Gasteiger partial charge is 0.256 e. The first-order valence-electron chi connectivity index (χ1n) is 9.34. The maximum absolute atomic E-state index is 11.8. The van der Waals surface area contributed by atoms with Gasteiger partial charge in [-0.3, -0.25) is 14.2 Å². The number of aromatic nitrogens is 3. The summed E-state index contributed by atoms with van der Waals surface area (Å²) in [5.74, 6) is 0.546. The maximum atomic E-state index is 11.8. The van der Waals surface area contributed by atoms with E-state index in [1.165, 1.54) is 0 Å². The standard InChI is InChI=1S/C11H17NO.C10H16N2O/c1-8(2)10-6-5-7-12(9(3)4)11(10)13;1-7(2)9-5-11-6-12(8(3)4)10(9)13/h5-9H,1-4H3;5-8H,1-4H3. The number of rotatable bonds is 4. The van der Waals surface area contributed by atoms with E-state index in [4.69, 9.17) is 0 Å². The molecule has 0 bridgehead atoms. The van der Waals surface area contributed by atoms with E-state index >= 15 is 0 Å². The summed E-state index contributed by atoms with van der Waals surface area (Å²) in [5.41, 5.74) is 1.92. The monoisotopic (exact) mass is 359 g/mol. The van der Waals surface area contributed by atoms with Gasteiger partial charge in [0, 0.05) is 35.6 Å². The molecule has 26 heavy (non-hydrogen) atoms. The van der Waals surface area contributed by atoms with E-state index in [9.17, 15) is 9.59 Å². The number of pyridine rings is 1. The minimum atomic E-state index is 0.0833. The molecule has 0 saturated heterocycles. The zero-order valence-corrected chi connectivity index (χ0v) is 17.4. The molecule has 0 aliphatic rings. The van der Waals surface area contributed by atoms with Crippen LogP contribution in [-0.2, 0) is 0 Å². The molecule has 2 aromatic heterocycles. The highest BCUT2D eigenvalue weighted by Crippen LogP contribution is 2.10. The van der Waals surface area contributed by atoms with E-state index in [0.29, 0.717) is 5.92 Å². The molecule has 0 aromatic carbocycles. The van der Waals surface area contributed by atoms with E-state index in [1.54, 1.807) is 21.7 Å². The van der Waals surface area contributed by atoms with Crippen LogP contribution in [0.15, 0.2) is 40.4 Å². The van der Waals surface area contributed by atoms with Crippen molar-refractivity contribution in [2.75, 3.05) is 0 Å². The van der Waals surface area contributed by atoms with Crippen LogP contribution in [0, 0.1) is 0 Å². The summed E-state index contributed by atoms with van der Waals surface area (Å²) in [6, 6.07) is 4.27. The van der Waals surface area contributed by atoms with E-state index in [1.807, 2.05) is 73.7 Å². The van der Waals surface area contributed by atoms with E-state index in [2.05, 4.69) is 4.98 Å². The van der Waals surface area contributed by atoms with Crippen LogP contribution in [0.25, 0.3) is 0 Å². The fourth-order valence-corrected chi connectivity index (χ4v) is 2.58. The van der Waals surface area contributed by atoms with Gasteiger partial charge in [0.1, 0.15) is 0 Å². The maximum Gasteiger partial charge on any atom is 0.256 e. The molecule has 144 valence electrons. The second-order valence-electron chi connectivity index (χ2n) is 7.73. The number of hydrogen-bond donors (Lipinski definition) is 0. The summed E-state index contributed by atoms with van der Waals surface area (Å²) in [7, 11) is 0. The molecule has 0 radical (unpaired) electrons. The van der Waals surface area contributed by atoms with Gasteiger partial charge < -0.3 is 4.57 Å². The summed E-state index contributed by atoms with van der Waals surface area (Å²) in [6.45, 7) is 16.1. The molecule has 0 unspecified atom stereocenters. The Kier molecular flexibility index (Phi) is 8.00. The van der Waals surface area contributed by atoms with Crippen molar-refractivity contribution >= 4 is 0 Å². The van der Waals surface area contributed by atoms with Gasteiger partial charge in [0.2, 0.25) is 0 Å². The molecular weight excluding hydrogens is 326 g/mol. The summed E-state index contributed by atoms with van der Waals surface area (Å²) in [4.78, 5) is 27.6. The van der Waals surface area contributed by atoms with Crippen LogP contribution in [0.5, 0.6) is 0 Å². The molecule has 0 amide bonds. The molecule has 0 aliphatic carbocycles. The predicted octanol–water partition coefficient (Wildman–Crippen LogP) is 4.50. The highest BCUT2D eigenvalue weighted by atomic mass is 16.1. The van der Waals surface area contributed by atoms with Gasteiger partial charge in [-0.2, -0.15) is 0 Å². The Labute approximate surface area is 156 Å². The molecule has 0 atom stereocenters. The molecule has 0 spiro atoms. The molecule has 5 heteroatoms. The molecular formula is C21H33N3O2. The van der Waals surface area contributed by atoms with Crippen LogP contribution in [0.1, 0.15) is 90.4 Å². The average Bonchev–Trinajstić information content (AvgIpc) is 2.54. The Morgan fingerprint density at radius 1 is 0.769 bits per heavy atom. The van der Waals surface area contributed by atoms with Gasteiger partial charge in [0.15, 0.2) is 0 Å². The first-order chi connectivity index (χ1) is 12.1. The van der Waals surface area contributed by atoms with Gasteiger partial charge in [0.05, 0.1) is 6.33 Å². The fourth-order valence-electron chi connectivity index (χ4n) is 2.58. The lowest BCUT2D eigenvalue weighted by Gasteiger charge is -2.12.